The third kappa shape index (κ3) is 3.71. The zero-order chi connectivity index (χ0) is 22.4. The third-order valence-electron chi connectivity index (χ3n) is 6.37. The molecule has 33 heavy (non-hydrogen) atoms. The minimum atomic E-state index is -2.37. The van der Waals surface area contributed by atoms with E-state index in [4.69, 9.17) is 9.05 Å². The predicted octanol–water partition coefficient (Wildman–Crippen LogP) is 8.17. The van der Waals surface area contributed by atoms with Gasteiger partial charge in [-0.15, -0.1) is 0 Å². The van der Waals surface area contributed by atoms with Gasteiger partial charge < -0.3 is 0 Å². The first-order valence-electron chi connectivity index (χ1n) is 11.2. The molecule has 1 aliphatic heterocycles. The van der Waals surface area contributed by atoms with Gasteiger partial charge in [0.05, 0.1) is 0 Å². The Kier molecular flexibility index (Phi) is 5.15. The maximum absolute atomic E-state index is 6.81. The van der Waals surface area contributed by atoms with Crippen LogP contribution < -0.4 is 9.05 Å². The summed E-state index contributed by atoms with van der Waals surface area (Å²) >= 11 is 3.38. The Bertz CT molecular complexity index is 1450. The van der Waals surface area contributed by atoms with Gasteiger partial charge in [-0.3, -0.25) is 0 Å². The van der Waals surface area contributed by atoms with Crippen LogP contribution in [0.1, 0.15) is 18.4 Å². The Hall–Kier alpha value is -2.83. The van der Waals surface area contributed by atoms with Gasteiger partial charge in [-0.05, 0) is 0 Å². The molecule has 0 amide bonds. The summed E-state index contributed by atoms with van der Waals surface area (Å²) in [5.74, 6) is -0.306. The van der Waals surface area contributed by atoms with Crippen LogP contribution in [-0.2, 0) is 0 Å². The molecular weight excluding hydrogens is 490 g/mol. The Labute approximate surface area is 201 Å². The molecule has 0 radical (unpaired) electrons. The average molecular weight is 513 g/mol. The van der Waals surface area contributed by atoms with E-state index in [1.165, 1.54) is 27.1 Å². The maximum atomic E-state index is 6.81. The van der Waals surface area contributed by atoms with Crippen LogP contribution in [0.15, 0.2) is 103 Å². The van der Waals surface area contributed by atoms with Crippen molar-refractivity contribution in [3.8, 4) is 22.6 Å². The van der Waals surface area contributed by atoms with Crippen molar-refractivity contribution in [3.05, 3.63) is 109 Å². The molecule has 0 N–H and O–H groups in total. The molecular formula is C29H23O2PSe. The average Bonchev–Trinajstić information content (AvgIpc) is 2.98. The van der Waals surface area contributed by atoms with Crippen molar-refractivity contribution < 1.29 is 9.05 Å². The van der Waals surface area contributed by atoms with Gasteiger partial charge in [-0.2, -0.15) is 0 Å². The van der Waals surface area contributed by atoms with Gasteiger partial charge in [-0.25, -0.2) is 0 Å². The van der Waals surface area contributed by atoms with E-state index in [0.717, 1.165) is 28.8 Å². The van der Waals surface area contributed by atoms with Gasteiger partial charge in [0.15, 0.2) is 0 Å². The number of rotatable bonds is 3. The molecule has 5 aromatic rings. The summed E-state index contributed by atoms with van der Waals surface area (Å²) in [6.07, 6.45) is 0.787. The van der Waals surface area contributed by atoms with E-state index >= 15 is 0 Å². The molecule has 0 unspecified atom stereocenters. The fourth-order valence-corrected chi connectivity index (χ4v) is 9.18. The minimum absolute atomic E-state index is 0.298. The fourth-order valence-electron chi connectivity index (χ4n) is 4.79. The zero-order valence-corrected chi connectivity index (χ0v) is 20.9. The van der Waals surface area contributed by atoms with Gasteiger partial charge in [0.1, 0.15) is 0 Å². The van der Waals surface area contributed by atoms with Crippen molar-refractivity contribution in [1.82, 2.24) is 0 Å². The first-order chi connectivity index (χ1) is 16.1. The van der Waals surface area contributed by atoms with Crippen molar-refractivity contribution in [2.24, 2.45) is 0 Å². The van der Waals surface area contributed by atoms with Crippen molar-refractivity contribution >= 4 is 42.6 Å². The number of benzene rings is 5. The van der Waals surface area contributed by atoms with E-state index in [9.17, 15) is 0 Å². The quantitative estimate of drug-likeness (QED) is 0.179. The van der Waals surface area contributed by atoms with Gasteiger partial charge in [-0.1, -0.05) is 0 Å². The molecule has 0 aliphatic carbocycles. The summed E-state index contributed by atoms with van der Waals surface area (Å²) in [7, 11) is 0. The Morgan fingerprint density at radius 1 is 0.636 bits per heavy atom. The topological polar surface area (TPSA) is 18.5 Å². The molecule has 5 aromatic carbocycles. The standard InChI is InChI=1S/C29H23O2PSe/c1-20(21-9-3-2-4-10-21)19-32(33)30-26-17-15-22-11-5-7-13-24(22)28(26)29-25-14-8-6-12-23(25)16-18-27(29)31-32/h2-18,20H,19H2,1H3/t20-/m0/s1. The molecule has 0 spiro atoms. The van der Waals surface area contributed by atoms with E-state index in [0.29, 0.717) is 5.92 Å². The second-order valence-electron chi connectivity index (χ2n) is 8.61. The van der Waals surface area contributed by atoms with Gasteiger partial charge in [0, 0.05) is 0 Å². The Morgan fingerprint density at radius 2 is 1.12 bits per heavy atom. The van der Waals surface area contributed by atoms with Crippen molar-refractivity contribution in [2.45, 2.75) is 12.8 Å². The van der Waals surface area contributed by atoms with Crippen LogP contribution >= 0.6 is 5.96 Å². The summed E-state index contributed by atoms with van der Waals surface area (Å²) in [5, 5.41) is 4.76. The van der Waals surface area contributed by atoms with Gasteiger partial charge >= 0.3 is 202 Å². The van der Waals surface area contributed by atoms with E-state index in [-0.39, 0.29) is 0 Å². The molecule has 2 nitrogen and oxygen atoms in total. The number of hydrogen-bond donors (Lipinski definition) is 0. The van der Waals surface area contributed by atoms with Crippen LogP contribution in [0, 0.1) is 0 Å². The van der Waals surface area contributed by atoms with Crippen molar-refractivity contribution in [2.75, 3.05) is 6.16 Å². The van der Waals surface area contributed by atoms with Crippen molar-refractivity contribution in [1.29, 1.82) is 0 Å². The summed E-state index contributed by atoms with van der Waals surface area (Å²) in [6, 6.07) is 36.1. The number of hydrogen-bond acceptors (Lipinski definition) is 2. The fraction of sp³-hybridized carbons (Fsp3) is 0.103. The second-order valence-corrected chi connectivity index (χ2v) is 14.1. The molecule has 6 rings (SSSR count). The molecule has 0 fully saturated rings. The normalized spacial score (nSPS) is 15.1. The second kappa shape index (κ2) is 8.19. The van der Waals surface area contributed by atoms with Crippen LogP contribution in [0.2, 0.25) is 0 Å². The van der Waals surface area contributed by atoms with Gasteiger partial charge in [0.2, 0.25) is 0 Å². The van der Waals surface area contributed by atoms with Crippen LogP contribution in [-0.4, -0.2) is 21.3 Å². The first-order valence-corrected chi connectivity index (χ1v) is 15.2. The van der Waals surface area contributed by atoms with Gasteiger partial charge in [0.25, 0.3) is 0 Å². The monoisotopic (exact) mass is 514 g/mol. The summed E-state index contributed by atoms with van der Waals surface area (Å²) in [4.78, 5) is 0. The van der Waals surface area contributed by atoms with Crippen LogP contribution in [0.4, 0.5) is 0 Å². The van der Waals surface area contributed by atoms with Crippen LogP contribution in [0.25, 0.3) is 32.7 Å². The summed E-state index contributed by atoms with van der Waals surface area (Å²) < 4.78 is 13.6. The zero-order valence-electron chi connectivity index (χ0n) is 18.3. The molecule has 4 heteroatoms. The molecule has 1 aliphatic rings. The summed E-state index contributed by atoms with van der Waals surface area (Å²) in [5.41, 5.74) is 3.52. The molecule has 0 saturated heterocycles. The molecule has 0 saturated carbocycles. The van der Waals surface area contributed by atoms with E-state index in [1.807, 2.05) is 0 Å². The molecule has 1 heterocycles. The van der Waals surface area contributed by atoms with Crippen LogP contribution in [0.3, 0.4) is 0 Å². The summed E-state index contributed by atoms with van der Waals surface area (Å²) in [6.45, 7) is 2.24. The molecule has 1 atom stereocenters. The first kappa shape index (κ1) is 20.8. The molecule has 0 aromatic heterocycles. The van der Waals surface area contributed by atoms with E-state index in [2.05, 4.69) is 125 Å². The molecule has 0 bridgehead atoms. The Balaban J connectivity index is 1.58. The van der Waals surface area contributed by atoms with E-state index in [1.54, 1.807) is 0 Å². The SMILES string of the molecule is C[C@@H](CP1(=[Se])Oc2ccc3ccccc3c2-c2c(ccc3ccccc23)O1)c1ccccc1. The third-order valence-corrected chi connectivity index (χ3v) is 10.2. The van der Waals surface area contributed by atoms with E-state index < -0.39 is 5.96 Å². The van der Waals surface area contributed by atoms with Crippen LogP contribution in [0.5, 0.6) is 11.5 Å². The molecule has 162 valence electrons. The van der Waals surface area contributed by atoms with Crippen molar-refractivity contribution in [3.63, 3.8) is 0 Å². The number of fused-ring (bicyclic) bond motifs is 7. The Morgan fingerprint density at radius 3 is 1.67 bits per heavy atom. The predicted molar refractivity (Wildman–Crippen MR) is 141 cm³/mol.